The van der Waals surface area contributed by atoms with Crippen molar-refractivity contribution in [1.82, 2.24) is 4.90 Å². The van der Waals surface area contributed by atoms with Gasteiger partial charge in [-0.2, -0.15) is 5.26 Å². The van der Waals surface area contributed by atoms with Crippen molar-refractivity contribution >= 4 is 0 Å². The number of aliphatic hydroxyl groups excluding tert-OH is 1. The fourth-order valence-electron chi connectivity index (χ4n) is 2.01. The average molecular weight is 274 g/mol. The standard InChI is InChI=1S/C17H26N2O/c1-5-19(11-10-17(3,4)13-18)12-16(20)15-8-6-14(2)7-9-15/h6-9,16,20H,5,10-12H2,1-4H3. The fourth-order valence-corrected chi connectivity index (χ4v) is 2.01. The molecule has 1 unspecified atom stereocenters. The van der Waals surface area contributed by atoms with Crippen molar-refractivity contribution in [2.24, 2.45) is 5.41 Å². The molecule has 0 amide bonds. The summed E-state index contributed by atoms with van der Waals surface area (Å²) in [5.41, 5.74) is 1.85. The van der Waals surface area contributed by atoms with Gasteiger partial charge in [0, 0.05) is 6.54 Å². The molecule has 1 atom stereocenters. The van der Waals surface area contributed by atoms with Crippen molar-refractivity contribution in [1.29, 1.82) is 5.26 Å². The first-order valence-electron chi connectivity index (χ1n) is 7.26. The maximum atomic E-state index is 10.3. The lowest BCUT2D eigenvalue weighted by molar-refractivity contribution is 0.111. The zero-order valence-electron chi connectivity index (χ0n) is 13.1. The molecule has 3 heteroatoms. The lowest BCUT2D eigenvalue weighted by Gasteiger charge is -2.26. The van der Waals surface area contributed by atoms with Crippen LogP contribution in [0.4, 0.5) is 0 Å². The molecule has 3 nitrogen and oxygen atoms in total. The van der Waals surface area contributed by atoms with E-state index in [1.807, 2.05) is 45.0 Å². The molecule has 0 aliphatic heterocycles. The Labute approximate surface area is 122 Å². The molecule has 0 spiro atoms. The molecule has 1 aromatic rings. The Morgan fingerprint density at radius 2 is 1.90 bits per heavy atom. The zero-order valence-corrected chi connectivity index (χ0v) is 13.1. The summed E-state index contributed by atoms with van der Waals surface area (Å²) in [7, 11) is 0. The largest absolute Gasteiger partial charge is 0.387 e. The molecule has 0 radical (unpaired) electrons. The van der Waals surface area contributed by atoms with Gasteiger partial charge in [-0.05, 0) is 45.8 Å². The second-order valence-corrected chi connectivity index (χ2v) is 6.07. The van der Waals surface area contributed by atoms with E-state index in [4.69, 9.17) is 5.26 Å². The Balaban J connectivity index is 2.55. The van der Waals surface area contributed by atoms with E-state index in [9.17, 15) is 5.11 Å². The molecule has 0 aliphatic rings. The SMILES string of the molecule is CCN(CCC(C)(C)C#N)CC(O)c1ccc(C)cc1. The summed E-state index contributed by atoms with van der Waals surface area (Å²) in [6.45, 7) is 10.4. The highest BCUT2D eigenvalue weighted by Crippen LogP contribution is 2.20. The van der Waals surface area contributed by atoms with Crippen molar-refractivity contribution in [3.8, 4) is 6.07 Å². The van der Waals surface area contributed by atoms with Gasteiger partial charge in [-0.1, -0.05) is 36.8 Å². The molecule has 0 saturated heterocycles. The van der Waals surface area contributed by atoms with Crippen LogP contribution in [0.5, 0.6) is 0 Å². The average Bonchev–Trinajstić information content (AvgIpc) is 2.44. The van der Waals surface area contributed by atoms with E-state index in [0.717, 1.165) is 25.1 Å². The first kappa shape index (κ1) is 16.7. The number of benzene rings is 1. The molecule has 1 aromatic carbocycles. The van der Waals surface area contributed by atoms with Crippen LogP contribution in [0.25, 0.3) is 0 Å². The maximum absolute atomic E-state index is 10.3. The number of aryl methyl sites for hydroxylation is 1. The number of aliphatic hydroxyl groups is 1. The van der Waals surface area contributed by atoms with Gasteiger partial charge in [-0.25, -0.2) is 0 Å². The van der Waals surface area contributed by atoms with Crippen LogP contribution < -0.4 is 0 Å². The molecular weight excluding hydrogens is 248 g/mol. The number of hydrogen-bond donors (Lipinski definition) is 1. The molecule has 0 saturated carbocycles. The van der Waals surface area contributed by atoms with Crippen LogP contribution in [-0.4, -0.2) is 29.6 Å². The minimum atomic E-state index is -0.472. The van der Waals surface area contributed by atoms with Crippen molar-refractivity contribution in [3.05, 3.63) is 35.4 Å². The van der Waals surface area contributed by atoms with E-state index in [1.165, 1.54) is 5.56 Å². The molecule has 0 aliphatic carbocycles. The minimum Gasteiger partial charge on any atom is -0.387 e. The highest BCUT2D eigenvalue weighted by atomic mass is 16.3. The minimum absolute atomic E-state index is 0.303. The quantitative estimate of drug-likeness (QED) is 0.830. The molecule has 1 N–H and O–H groups in total. The van der Waals surface area contributed by atoms with Crippen LogP contribution in [0.15, 0.2) is 24.3 Å². The number of hydrogen-bond acceptors (Lipinski definition) is 3. The Kier molecular flexibility index (Phi) is 6.19. The van der Waals surface area contributed by atoms with Crippen molar-refractivity contribution in [2.75, 3.05) is 19.6 Å². The summed E-state index contributed by atoms with van der Waals surface area (Å²) in [4.78, 5) is 2.20. The van der Waals surface area contributed by atoms with Crippen LogP contribution in [-0.2, 0) is 0 Å². The van der Waals surface area contributed by atoms with E-state index >= 15 is 0 Å². The molecule has 0 bridgehead atoms. The molecule has 0 fully saturated rings. The Morgan fingerprint density at radius 3 is 2.40 bits per heavy atom. The summed E-state index contributed by atoms with van der Waals surface area (Å²) < 4.78 is 0. The Bertz CT molecular complexity index is 445. The summed E-state index contributed by atoms with van der Waals surface area (Å²) in [6.07, 6.45) is 0.346. The summed E-state index contributed by atoms with van der Waals surface area (Å²) in [5.74, 6) is 0. The second kappa shape index (κ2) is 7.42. The normalized spacial score (nSPS) is 13.2. The van der Waals surface area contributed by atoms with E-state index in [2.05, 4.69) is 17.9 Å². The number of likely N-dealkylation sites (N-methyl/N-ethyl adjacent to an activating group) is 1. The molecule has 0 heterocycles. The van der Waals surface area contributed by atoms with Crippen LogP contribution in [0.3, 0.4) is 0 Å². The molecule has 1 rings (SSSR count). The fraction of sp³-hybridized carbons (Fsp3) is 0.588. The topological polar surface area (TPSA) is 47.3 Å². The third-order valence-electron chi connectivity index (χ3n) is 3.70. The lowest BCUT2D eigenvalue weighted by Crippen LogP contribution is -2.31. The number of rotatable bonds is 7. The van der Waals surface area contributed by atoms with Gasteiger partial charge < -0.3 is 10.0 Å². The van der Waals surface area contributed by atoms with Crippen molar-refractivity contribution < 1.29 is 5.11 Å². The predicted octanol–water partition coefficient (Wildman–Crippen LogP) is 3.29. The molecule has 0 aromatic heterocycles. The number of nitriles is 1. The summed E-state index contributed by atoms with van der Waals surface area (Å²) in [6, 6.07) is 10.3. The van der Waals surface area contributed by atoms with Crippen LogP contribution in [0, 0.1) is 23.7 Å². The van der Waals surface area contributed by atoms with Gasteiger partial charge in [0.25, 0.3) is 0 Å². The highest BCUT2D eigenvalue weighted by molar-refractivity contribution is 5.23. The monoisotopic (exact) mass is 274 g/mol. The summed E-state index contributed by atoms with van der Waals surface area (Å²) >= 11 is 0. The smallest absolute Gasteiger partial charge is 0.0916 e. The zero-order chi connectivity index (χ0) is 15.2. The lowest BCUT2D eigenvalue weighted by atomic mass is 9.91. The molecule has 20 heavy (non-hydrogen) atoms. The Hall–Kier alpha value is -1.37. The van der Waals surface area contributed by atoms with Crippen molar-refractivity contribution in [3.63, 3.8) is 0 Å². The molecule has 110 valence electrons. The van der Waals surface area contributed by atoms with Crippen LogP contribution in [0.1, 0.15) is 44.4 Å². The molecular formula is C17H26N2O. The predicted molar refractivity (Wildman–Crippen MR) is 82.3 cm³/mol. The maximum Gasteiger partial charge on any atom is 0.0916 e. The third-order valence-corrected chi connectivity index (χ3v) is 3.70. The van der Waals surface area contributed by atoms with Gasteiger partial charge >= 0.3 is 0 Å². The van der Waals surface area contributed by atoms with Gasteiger partial charge in [0.1, 0.15) is 0 Å². The van der Waals surface area contributed by atoms with E-state index in [-0.39, 0.29) is 5.41 Å². The van der Waals surface area contributed by atoms with Gasteiger partial charge in [-0.3, -0.25) is 0 Å². The van der Waals surface area contributed by atoms with Gasteiger partial charge in [0.15, 0.2) is 0 Å². The van der Waals surface area contributed by atoms with E-state index < -0.39 is 6.10 Å². The van der Waals surface area contributed by atoms with Crippen LogP contribution in [0.2, 0.25) is 0 Å². The van der Waals surface area contributed by atoms with E-state index in [0.29, 0.717) is 6.54 Å². The Morgan fingerprint density at radius 1 is 1.30 bits per heavy atom. The third kappa shape index (κ3) is 5.32. The highest BCUT2D eigenvalue weighted by Gasteiger charge is 2.19. The number of nitrogens with zero attached hydrogens (tertiary/aromatic N) is 2. The van der Waals surface area contributed by atoms with Crippen molar-refractivity contribution in [2.45, 2.75) is 40.2 Å². The first-order valence-corrected chi connectivity index (χ1v) is 7.26. The van der Waals surface area contributed by atoms with Crippen LogP contribution >= 0.6 is 0 Å². The van der Waals surface area contributed by atoms with Gasteiger partial charge in [0.2, 0.25) is 0 Å². The van der Waals surface area contributed by atoms with Gasteiger partial charge in [-0.15, -0.1) is 0 Å². The second-order valence-electron chi connectivity index (χ2n) is 6.07. The van der Waals surface area contributed by atoms with E-state index in [1.54, 1.807) is 0 Å². The summed E-state index contributed by atoms with van der Waals surface area (Å²) in [5, 5.41) is 19.3. The van der Waals surface area contributed by atoms with Gasteiger partial charge in [0.05, 0.1) is 17.6 Å². The first-order chi connectivity index (χ1) is 9.38.